The molecule has 2 atom stereocenters. The fraction of sp³-hybridized carbons (Fsp3) is 0.156. The van der Waals surface area contributed by atoms with Crippen molar-refractivity contribution in [2.45, 2.75) is 31.5 Å². The van der Waals surface area contributed by atoms with Crippen LogP contribution in [0, 0.1) is 0 Å². The molecule has 0 aliphatic rings. The molecule has 0 bridgehead atoms. The fourth-order valence-corrected chi connectivity index (χ4v) is 4.16. The molecule has 4 aromatic carbocycles. The number of amides is 3. The molecule has 0 fully saturated rings. The van der Waals surface area contributed by atoms with Crippen LogP contribution in [-0.2, 0) is 33.8 Å². The van der Waals surface area contributed by atoms with Crippen LogP contribution in [0.1, 0.15) is 16.7 Å². The molecular weight excluding hydrogens is 490 g/mol. The van der Waals surface area contributed by atoms with Crippen LogP contribution in [0.4, 0.5) is 4.79 Å². The van der Waals surface area contributed by atoms with Crippen molar-refractivity contribution in [3.8, 4) is 11.1 Å². The minimum atomic E-state index is -0.974. The van der Waals surface area contributed by atoms with Crippen molar-refractivity contribution >= 4 is 17.9 Å². The molecule has 39 heavy (non-hydrogen) atoms. The summed E-state index contributed by atoms with van der Waals surface area (Å²) < 4.78 is 5.32. The maximum atomic E-state index is 13.3. The Morgan fingerprint density at radius 1 is 0.590 bits per heavy atom. The number of carbonyl (C=O) groups excluding carboxylic acids is 3. The van der Waals surface area contributed by atoms with Crippen LogP contribution in [0.25, 0.3) is 11.1 Å². The Bertz CT molecular complexity index is 1360. The Labute approximate surface area is 228 Å². The van der Waals surface area contributed by atoms with Gasteiger partial charge < -0.3 is 21.1 Å². The number of ether oxygens (including phenoxy) is 1. The molecule has 3 amide bonds. The number of alkyl carbamates (subject to hydrolysis) is 1. The predicted octanol–water partition coefficient (Wildman–Crippen LogP) is 4.40. The molecule has 0 saturated heterocycles. The molecule has 4 rings (SSSR count). The van der Waals surface area contributed by atoms with E-state index in [1.165, 1.54) is 0 Å². The average Bonchev–Trinajstić information content (AvgIpc) is 2.97. The molecule has 4 aromatic rings. The van der Waals surface area contributed by atoms with Gasteiger partial charge in [0.2, 0.25) is 11.8 Å². The zero-order valence-corrected chi connectivity index (χ0v) is 21.5. The maximum absolute atomic E-state index is 13.3. The molecular formula is C32H31N3O4. The molecule has 0 spiro atoms. The summed E-state index contributed by atoms with van der Waals surface area (Å²) >= 11 is 0. The van der Waals surface area contributed by atoms with Crippen LogP contribution in [0.15, 0.2) is 115 Å². The third-order valence-electron chi connectivity index (χ3n) is 6.26. The summed E-state index contributed by atoms with van der Waals surface area (Å²) in [6, 6.07) is 34.3. The number of carbonyl (C=O) groups is 3. The summed E-state index contributed by atoms with van der Waals surface area (Å²) in [6.07, 6.45) is -0.307. The first-order valence-corrected chi connectivity index (χ1v) is 12.7. The molecule has 198 valence electrons. The molecule has 7 heteroatoms. The maximum Gasteiger partial charge on any atom is 0.408 e. The average molecular weight is 522 g/mol. The third kappa shape index (κ3) is 8.30. The zero-order valence-electron chi connectivity index (χ0n) is 21.5. The second kappa shape index (κ2) is 13.6. The highest BCUT2D eigenvalue weighted by molar-refractivity contribution is 5.91. The van der Waals surface area contributed by atoms with E-state index in [0.29, 0.717) is 0 Å². The predicted molar refractivity (Wildman–Crippen MR) is 150 cm³/mol. The second-order valence-corrected chi connectivity index (χ2v) is 9.18. The Kier molecular flexibility index (Phi) is 9.45. The molecule has 0 aliphatic carbocycles. The van der Waals surface area contributed by atoms with Gasteiger partial charge in [0.15, 0.2) is 0 Å². The van der Waals surface area contributed by atoms with E-state index in [1.54, 1.807) is 0 Å². The van der Waals surface area contributed by atoms with Gasteiger partial charge in [0, 0.05) is 12.8 Å². The van der Waals surface area contributed by atoms with Crippen molar-refractivity contribution in [2.24, 2.45) is 5.73 Å². The van der Waals surface area contributed by atoms with E-state index in [0.717, 1.165) is 27.8 Å². The van der Waals surface area contributed by atoms with E-state index >= 15 is 0 Å². The lowest BCUT2D eigenvalue weighted by molar-refractivity contribution is -0.128. The molecule has 7 nitrogen and oxygen atoms in total. The fourth-order valence-electron chi connectivity index (χ4n) is 4.16. The van der Waals surface area contributed by atoms with Crippen LogP contribution < -0.4 is 16.4 Å². The first-order chi connectivity index (χ1) is 19.0. The number of nitrogens with one attached hydrogen (secondary N) is 2. The van der Waals surface area contributed by atoms with Gasteiger partial charge in [0.05, 0.1) is 0 Å². The third-order valence-corrected chi connectivity index (χ3v) is 6.26. The largest absolute Gasteiger partial charge is 0.445 e. The van der Waals surface area contributed by atoms with Gasteiger partial charge in [-0.05, 0) is 27.8 Å². The normalized spacial score (nSPS) is 12.1. The zero-order chi connectivity index (χ0) is 27.5. The number of nitrogens with two attached hydrogens (primary N) is 1. The van der Waals surface area contributed by atoms with Crippen LogP contribution in [0.2, 0.25) is 0 Å². The summed E-state index contributed by atoms with van der Waals surface area (Å²) in [6.45, 7) is 0.0647. The Morgan fingerprint density at radius 3 is 1.67 bits per heavy atom. The summed E-state index contributed by atoms with van der Waals surface area (Å²) in [4.78, 5) is 38.2. The van der Waals surface area contributed by atoms with Gasteiger partial charge in [-0.3, -0.25) is 9.59 Å². The van der Waals surface area contributed by atoms with Crippen LogP contribution in [0.3, 0.4) is 0 Å². The van der Waals surface area contributed by atoms with Crippen molar-refractivity contribution in [1.29, 1.82) is 0 Å². The number of hydrogen-bond acceptors (Lipinski definition) is 4. The van der Waals surface area contributed by atoms with Crippen LogP contribution in [0.5, 0.6) is 0 Å². The Morgan fingerprint density at radius 2 is 1.08 bits per heavy atom. The van der Waals surface area contributed by atoms with Gasteiger partial charge >= 0.3 is 6.09 Å². The second-order valence-electron chi connectivity index (χ2n) is 9.18. The number of hydrogen-bond donors (Lipinski definition) is 3. The highest BCUT2D eigenvalue weighted by Crippen LogP contribution is 2.20. The topological polar surface area (TPSA) is 111 Å². The minimum Gasteiger partial charge on any atom is -0.445 e. The number of benzene rings is 4. The van der Waals surface area contributed by atoms with Gasteiger partial charge in [-0.1, -0.05) is 115 Å². The van der Waals surface area contributed by atoms with E-state index in [4.69, 9.17) is 10.5 Å². The highest BCUT2D eigenvalue weighted by atomic mass is 16.5. The first kappa shape index (κ1) is 27.1. The molecule has 4 N–H and O–H groups in total. The van der Waals surface area contributed by atoms with Gasteiger partial charge in [0.25, 0.3) is 0 Å². The van der Waals surface area contributed by atoms with Gasteiger partial charge in [-0.2, -0.15) is 0 Å². The summed E-state index contributed by atoms with van der Waals surface area (Å²) in [5.41, 5.74) is 10.3. The SMILES string of the molecule is NC(=O)[C@@H](Cc1ccc(-c2ccccc2)cc1)NC(=O)[C@H](Cc1ccccc1)NC(=O)OCc1ccccc1. The van der Waals surface area contributed by atoms with E-state index in [1.807, 2.05) is 115 Å². The standard InChI is InChI=1S/C32H31N3O4/c33-30(36)28(20-24-16-18-27(19-17-24)26-14-8-3-9-15-26)34-31(37)29(21-23-10-4-1-5-11-23)35-32(38)39-22-25-12-6-2-7-13-25/h1-19,28-29H,20-22H2,(H2,33,36)(H,34,37)(H,35,38)/t28-,29+/m1/s1. The van der Waals surface area contributed by atoms with Gasteiger partial charge in [-0.15, -0.1) is 0 Å². The molecule has 0 aliphatic heterocycles. The lowest BCUT2D eigenvalue weighted by Crippen LogP contribution is -2.54. The molecule has 0 unspecified atom stereocenters. The van der Waals surface area contributed by atoms with Crippen LogP contribution in [-0.4, -0.2) is 30.0 Å². The smallest absolute Gasteiger partial charge is 0.408 e. The van der Waals surface area contributed by atoms with Crippen molar-refractivity contribution in [1.82, 2.24) is 10.6 Å². The lowest BCUT2D eigenvalue weighted by Gasteiger charge is -2.22. The van der Waals surface area contributed by atoms with E-state index in [9.17, 15) is 14.4 Å². The molecule has 0 radical (unpaired) electrons. The van der Waals surface area contributed by atoms with Crippen molar-refractivity contribution in [2.75, 3.05) is 0 Å². The van der Waals surface area contributed by atoms with E-state index < -0.39 is 30.0 Å². The van der Waals surface area contributed by atoms with E-state index in [2.05, 4.69) is 10.6 Å². The molecule has 0 heterocycles. The van der Waals surface area contributed by atoms with Crippen molar-refractivity contribution in [3.63, 3.8) is 0 Å². The van der Waals surface area contributed by atoms with Gasteiger partial charge in [0.1, 0.15) is 18.7 Å². The Balaban J connectivity index is 1.42. The Hall–Kier alpha value is -4.91. The monoisotopic (exact) mass is 521 g/mol. The van der Waals surface area contributed by atoms with Crippen LogP contribution >= 0.6 is 0 Å². The summed E-state index contributed by atoms with van der Waals surface area (Å²) in [5.74, 6) is -1.19. The van der Waals surface area contributed by atoms with Crippen molar-refractivity contribution in [3.05, 3.63) is 132 Å². The summed E-state index contributed by atoms with van der Waals surface area (Å²) in [7, 11) is 0. The molecule has 0 saturated carbocycles. The van der Waals surface area contributed by atoms with Gasteiger partial charge in [-0.25, -0.2) is 4.79 Å². The van der Waals surface area contributed by atoms with Crippen molar-refractivity contribution < 1.29 is 19.1 Å². The number of rotatable bonds is 11. The summed E-state index contributed by atoms with van der Waals surface area (Å²) in [5, 5.41) is 5.37. The highest BCUT2D eigenvalue weighted by Gasteiger charge is 2.26. The first-order valence-electron chi connectivity index (χ1n) is 12.7. The minimum absolute atomic E-state index is 0.0647. The molecule has 0 aromatic heterocycles. The quantitative estimate of drug-likeness (QED) is 0.272. The lowest BCUT2D eigenvalue weighted by atomic mass is 9.99. The number of primary amides is 1. The van der Waals surface area contributed by atoms with E-state index in [-0.39, 0.29) is 19.4 Å².